The molecule has 0 saturated heterocycles. The molecule has 0 radical (unpaired) electrons. The van der Waals surface area contributed by atoms with Crippen molar-refractivity contribution >= 4 is 22.7 Å². The van der Waals surface area contributed by atoms with Gasteiger partial charge >= 0.3 is 11.9 Å². The SMILES string of the molecule is CC1Cc2c1c(C(=O)O)c(C(=O)O)c1ccccc21. The van der Waals surface area contributed by atoms with Crippen LogP contribution in [0.5, 0.6) is 0 Å². The van der Waals surface area contributed by atoms with E-state index in [1.807, 2.05) is 19.1 Å². The molecule has 2 N–H and O–H groups in total. The van der Waals surface area contributed by atoms with Crippen molar-refractivity contribution in [1.29, 1.82) is 0 Å². The number of rotatable bonds is 2. The number of carbonyl (C=O) groups is 2. The lowest BCUT2D eigenvalue weighted by molar-refractivity contribution is 0.0651. The van der Waals surface area contributed by atoms with Crippen molar-refractivity contribution < 1.29 is 19.8 Å². The van der Waals surface area contributed by atoms with Crippen LogP contribution in [0.3, 0.4) is 0 Å². The maximum Gasteiger partial charge on any atom is 0.337 e. The van der Waals surface area contributed by atoms with Crippen molar-refractivity contribution in [1.82, 2.24) is 0 Å². The van der Waals surface area contributed by atoms with Gasteiger partial charge in [-0.25, -0.2) is 9.59 Å². The Morgan fingerprint density at radius 2 is 1.63 bits per heavy atom. The summed E-state index contributed by atoms with van der Waals surface area (Å²) in [4.78, 5) is 22.9. The largest absolute Gasteiger partial charge is 0.478 e. The number of hydrogen-bond acceptors (Lipinski definition) is 2. The lowest BCUT2D eigenvalue weighted by Gasteiger charge is -2.31. The normalized spacial score (nSPS) is 16.8. The Balaban J connectivity index is 2.54. The summed E-state index contributed by atoms with van der Waals surface area (Å²) < 4.78 is 0. The van der Waals surface area contributed by atoms with Crippen LogP contribution in [-0.4, -0.2) is 22.2 Å². The molecule has 0 spiro atoms. The highest BCUT2D eigenvalue weighted by Gasteiger charge is 2.34. The monoisotopic (exact) mass is 256 g/mol. The molecule has 0 aromatic heterocycles. The standard InChI is InChI=1S/C15H12O4/c1-7-6-10-8-4-2-3-5-9(8)12(14(16)17)13(11(7)10)15(18)19/h2-5,7H,6H2,1H3,(H,16,17)(H,18,19). The third-order valence-corrected chi connectivity index (χ3v) is 3.80. The highest BCUT2D eigenvalue weighted by atomic mass is 16.4. The summed E-state index contributed by atoms with van der Waals surface area (Å²) in [6.45, 7) is 1.93. The van der Waals surface area contributed by atoms with Gasteiger partial charge in [-0.3, -0.25) is 0 Å². The van der Waals surface area contributed by atoms with E-state index in [0.717, 1.165) is 17.4 Å². The van der Waals surface area contributed by atoms with Gasteiger partial charge in [0.15, 0.2) is 0 Å². The van der Waals surface area contributed by atoms with E-state index in [0.29, 0.717) is 10.9 Å². The topological polar surface area (TPSA) is 74.6 Å². The van der Waals surface area contributed by atoms with Gasteiger partial charge in [0, 0.05) is 0 Å². The van der Waals surface area contributed by atoms with Crippen molar-refractivity contribution in [2.45, 2.75) is 19.3 Å². The molecule has 0 bridgehead atoms. The molecule has 1 aliphatic rings. The molecule has 0 amide bonds. The number of aromatic carboxylic acids is 2. The van der Waals surface area contributed by atoms with Crippen LogP contribution in [-0.2, 0) is 6.42 Å². The summed E-state index contributed by atoms with van der Waals surface area (Å²) in [5.74, 6) is -2.25. The molecule has 3 rings (SSSR count). The Hall–Kier alpha value is -2.36. The minimum Gasteiger partial charge on any atom is -0.478 e. The first-order valence-corrected chi connectivity index (χ1v) is 6.06. The van der Waals surface area contributed by atoms with Gasteiger partial charge in [0.25, 0.3) is 0 Å². The van der Waals surface area contributed by atoms with Crippen LogP contribution in [0.25, 0.3) is 10.8 Å². The Morgan fingerprint density at radius 3 is 2.16 bits per heavy atom. The predicted molar refractivity (Wildman–Crippen MR) is 70.0 cm³/mol. The summed E-state index contributed by atoms with van der Waals surface area (Å²) in [6.07, 6.45) is 0.802. The average Bonchev–Trinajstić information content (AvgIpc) is 2.35. The van der Waals surface area contributed by atoms with Gasteiger partial charge in [-0.1, -0.05) is 31.2 Å². The first-order valence-electron chi connectivity index (χ1n) is 6.06. The van der Waals surface area contributed by atoms with E-state index in [1.165, 1.54) is 0 Å². The van der Waals surface area contributed by atoms with Crippen molar-refractivity contribution in [3.8, 4) is 0 Å². The number of fused-ring (bicyclic) bond motifs is 3. The Morgan fingerprint density at radius 1 is 1.05 bits per heavy atom. The second-order valence-corrected chi connectivity index (χ2v) is 4.90. The summed E-state index contributed by atoms with van der Waals surface area (Å²) in [7, 11) is 0. The van der Waals surface area contributed by atoms with E-state index in [4.69, 9.17) is 0 Å². The number of hydrogen-bond donors (Lipinski definition) is 2. The maximum atomic E-state index is 11.5. The van der Waals surface area contributed by atoms with Crippen molar-refractivity contribution in [2.24, 2.45) is 0 Å². The molecule has 0 fully saturated rings. The Bertz CT molecular complexity index is 730. The molecule has 2 aromatic carbocycles. The van der Waals surface area contributed by atoms with Gasteiger partial charge < -0.3 is 10.2 Å². The third kappa shape index (κ3) is 1.46. The van der Waals surface area contributed by atoms with Crippen molar-refractivity contribution in [2.75, 3.05) is 0 Å². The van der Waals surface area contributed by atoms with Gasteiger partial charge in [-0.15, -0.1) is 0 Å². The first kappa shape index (κ1) is 11.7. The summed E-state index contributed by atoms with van der Waals surface area (Å²) in [5, 5.41) is 20.1. The van der Waals surface area contributed by atoms with Crippen LogP contribution in [0, 0.1) is 0 Å². The molecule has 96 valence electrons. The summed E-state index contributed by atoms with van der Waals surface area (Å²) in [5.41, 5.74) is 1.53. The van der Waals surface area contributed by atoms with Crippen LogP contribution in [0.4, 0.5) is 0 Å². The highest BCUT2D eigenvalue weighted by Crippen LogP contribution is 2.44. The second kappa shape index (κ2) is 3.82. The van der Waals surface area contributed by atoms with Gasteiger partial charge in [-0.05, 0) is 34.2 Å². The zero-order chi connectivity index (χ0) is 13.7. The van der Waals surface area contributed by atoms with Gasteiger partial charge in [0.1, 0.15) is 0 Å². The fraction of sp³-hybridized carbons (Fsp3) is 0.200. The van der Waals surface area contributed by atoms with E-state index in [-0.39, 0.29) is 17.0 Å². The van der Waals surface area contributed by atoms with E-state index in [9.17, 15) is 19.8 Å². The number of carboxylic acids is 2. The third-order valence-electron chi connectivity index (χ3n) is 3.80. The highest BCUT2D eigenvalue weighted by molar-refractivity contribution is 6.14. The van der Waals surface area contributed by atoms with Gasteiger partial charge in [0.05, 0.1) is 11.1 Å². The predicted octanol–water partition coefficient (Wildman–Crippen LogP) is 2.90. The van der Waals surface area contributed by atoms with Crippen LogP contribution in [0.15, 0.2) is 24.3 Å². The van der Waals surface area contributed by atoms with E-state index in [1.54, 1.807) is 12.1 Å². The van der Waals surface area contributed by atoms with Crippen LogP contribution < -0.4 is 0 Å². The van der Waals surface area contributed by atoms with Gasteiger partial charge in [-0.2, -0.15) is 0 Å². The fourth-order valence-electron chi connectivity index (χ4n) is 3.01. The first-order chi connectivity index (χ1) is 9.02. The lowest BCUT2D eigenvalue weighted by Crippen LogP contribution is -2.23. The number of carboxylic acid groups (broad SMARTS) is 2. The van der Waals surface area contributed by atoms with E-state index < -0.39 is 11.9 Å². The zero-order valence-corrected chi connectivity index (χ0v) is 10.3. The molecular formula is C15H12O4. The lowest BCUT2D eigenvalue weighted by atomic mass is 9.72. The quantitative estimate of drug-likeness (QED) is 0.866. The molecule has 0 aliphatic heterocycles. The van der Waals surface area contributed by atoms with E-state index >= 15 is 0 Å². The second-order valence-electron chi connectivity index (χ2n) is 4.90. The molecule has 19 heavy (non-hydrogen) atoms. The smallest absolute Gasteiger partial charge is 0.337 e. The molecular weight excluding hydrogens is 244 g/mol. The Labute approximate surface area is 109 Å². The van der Waals surface area contributed by atoms with Gasteiger partial charge in [0.2, 0.25) is 0 Å². The summed E-state index contributed by atoms with van der Waals surface area (Å²) >= 11 is 0. The minimum absolute atomic E-state index is 0.0417. The zero-order valence-electron chi connectivity index (χ0n) is 10.3. The molecule has 0 saturated carbocycles. The van der Waals surface area contributed by atoms with Crippen molar-refractivity contribution in [3.05, 3.63) is 46.5 Å². The molecule has 4 heteroatoms. The Kier molecular flexibility index (Phi) is 2.35. The van der Waals surface area contributed by atoms with Crippen molar-refractivity contribution in [3.63, 3.8) is 0 Å². The van der Waals surface area contributed by atoms with E-state index in [2.05, 4.69) is 0 Å². The molecule has 4 nitrogen and oxygen atoms in total. The van der Waals surface area contributed by atoms with Crippen LogP contribution >= 0.6 is 0 Å². The molecule has 1 unspecified atom stereocenters. The molecule has 0 heterocycles. The summed E-state index contributed by atoms with van der Waals surface area (Å²) in [6, 6.07) is 7.11. The van der Waals surface area contributed by atoms with Crippen LogP contribution in [0.1, 0.15) is 44.7 Å². The fourth-order valence-corrected chi connectivity index (χ4v) is 3.01. The van der Waals surface area contributed by atoms with Crippen LogP contribution in [0.2, 0.25) is 0 Å². The number of benzene rings is 2. The molecule has 2 aromatic rings. The maximum absolute atomic E-state index is 11.5. The minimum atomic E-state index is -1.18. The molecule has 1 aliphatic carbocycles. The molecule has 1 atom stereocenters. The average molecular weight is 256 g/mol.